The summed E-state index contributed by atoms with van der Waals surface area (Å²) in [7, 11) is 0. The Morgan fingerprint density at radius 2 is 2.22 bits per heavy atom. The van der Waals surface area contributed by atoms with Crippen LogP contribution in [0, 0.1) is 5.92 Å². The van der Waals surface area contributed by atoms with Crippen LogP contribution in [-0.4, -0.2) is 34.0 Å². The highest BCUT2D eigenvalue weighted by molar-refractivity contribution is 5.73. The minimum atomic E-state index is -0.196. The summed E-state index contributed by atoms with van der Waals surface area (Å²) in [6, 6.07) is 0. The molecule has 0 saturated carbocycles. The fraction of sp³-hybridized carbons (Fsp3) is 0.750. The Bertz CT molecular complexity index is 397. The molecule has 0 bridgehead atoms. The lowest BCUT2D eigenvalue weighted by atomic mass is 9.93. The van der Waals surface area contributed by atoms with E-state index in [1.165, 1.54) is 0 Å². The number of aromatic nitrogens is 2. The van der Waals surface area contributed by atoms with Crippen molar-refractivity contribution < 1.29 is 9.32 Å². The summed E-state index contributed by atoms with van der Waals surface area (Å²) in [4.78, 5) is 17.4. The highest BCUT2D eigenvalue weighted by atomic mass is 16.5. The summed E-state index contributed by atoms with van der Waals surface area (Å²) in [5.41, 5.74) is 5.21. The molecule has 100 valence electrons. The monoisotopic (exact) mass is 252 g/mol. The minimum Gasteiger partial charge on any atom is -0.370 e. The molecule has 0 spiro atoms. The molecule has 6 nitrogen and oxygen atoms in total. The highest BCUT2D eigenvalue weighted by Gasteiger charge is 2.21. The van der Waals surface area contributed by atoms with E-state index in [4.69, 9.17) is 10.3 Å². The van der Waals surface area contributed by atoms with E-state index >= 15 is 0 Å². The zero-order valence-electron chi connectivity index (χ0n) is 10.8. The molecule has 0 aliphatic carbocycles. The molecule has 2 heterocycles. The summed E-state index contributed by atoms with van der Waals surface area (Å²) in [6.45, 7) is 4.63. The molecular formula is C12H20N4O2. The molecule has 1 fully saturated rings. The molecule has 18 heavy (non-hydrogen) atoms. The van der Waals surface area contributed by atoms with Gasteiger partial charge in [0.1, 0.15) is 0 Å². The molecule has 1 aliphatic heterocycles. The number of hydrogen-bond acceptors (Lipinski definition) is 5. The third-order valence-corrected chi connectivity index (χ3v) is 3.38. The van der Waals surface area contributed by atoms with Crippen LogP contribution in [0.4, 0.5) is 0 Å². The van der Waals surface area contributed by atoms with E-state index in [1.54, 1.807) is 0 Å². The van der Waals surface area contributed by atoms with Crippen molar-refractivity contribution in [2.24, 2.45) is 11.7 Å². The van der Waals surface area contributed by atoms with E-state index in [2.05, 4.69) is 15.0 Å². The van der Waals surface area contributed by atoms with Gasteiger partial charge in [0.25, 0.3) is 0 Å². The normalized spacial score (nSPS) is 18.1. The van der Waals surface area contributed by atoms with Gasteiger partial charge in [-0.05, 0) is 31.8 Å². The van der Waals surface area contributed by atoms with Gasteiger partial charge in [0.15, 0.2) is 5.82 Å². The summed E-state index contributed by atoms with van der Waals surface area (Å²) >= 11 is 0. The van der Waals surface area contributed by atoms with E-state index in [9.17, 15) is 4.79 Å². The van der Waals surface area contributed by atoms with Crippen molar-refractivity contribution in [2.75, 3.05) is 13.1 Å². The molecule has 1 saturated heterocycles. The fourth-order valence-electron chi connectivity index (χ4n) is 2.32. The zero-order chi connectivity index (χ0) is 13.0. The Morgan fingerprint density at radius 3 is 2.78 bits per heavy atom. The number of aryl methyl sites for hydroxylation is 1. The van der Waals surface area contributed by atoms with E-state index in [0.29, 0.717) is 24.8 Å². The molecule has 1 aromatic rings. The molecule has 1 amide bonds. The van der Waals surface area contributed by atoms with Crippen molar-refractivity contribution in [3.05, 3.63) is 11.7 Å². The third kappa shape index (κ3) is 3.53. The number of likely N-dealkylation sites (tertiary alicyclic amines) is 1. The third-order valence-electron chi connectivity index (χ3n) is 3.38. The topological polar surface area (TPSA) is 85.3 Å². The van der Waals surface area contributed by atoms with Gasteiger partial charge >= 0.3 is 0 Å². The number of carbonyl (C=O) groups is 1. The summed E-state index contributed by atoms with van der Waals surface area (Å²) in [6.07, 6.45) is 3.33. The van der Waals surface area contributed by atoms with Crippen molar-refractivity contribution in [1.82, 2.24) is 15.0 Å². The van der Waals surface area contributed by atoms with Crippen molar-refractivity contribution in [2.45, 2.75) is 39.2 Å². The largest absolute Gasteiger partial charge is 0.370 e. The Labute approximate surface area is 107 Å². The van der Waals surface area contributed by atoms with Gasteiger partial charge < -0.3 is 10.3 Å². The Balaban J connectivity index is 1.78. The molecule has 6 heteroatoms. The Morgan fingerprint density at radius 1 is 1.50 bits per heavy atom. The second-order valence-electron chi connectivity index (χ2n) is 4.85. The standard InChI is InChI=1S/C12H20N4O2/c1-2-11-14-12(18-15-11)8-16-5-3-9(4-6-16)7-10(13)17/h9H,2-8H2,1H3,(H2,13,17). The number of rotatable bonds is 5. The second-order valence-corrected chi connectivity index (χ2v) is 4.85. The summed E-state index contributed by atoms with van der Waals surface area (Å²) in [5, 5.41) is 3.88. The average molecular weight is 252 g/mol. The Hall–Kier alpha value is -1.43. The van der Waals surface area contributed by atoms with Crippen LogP contribution in [0.3, 0.4) is 0 Å². The van der Waals surface area contributed by atoms with Gasteiger partial charge in [-0.2, -0.15) is 4.98 Å². The smallest absolute Gasteiger partial charge is 0.240 e. The van der Waals surface area contributed by atoms with E-state index < -0.39 is 0 Å². The predicted molar refractivity (Wildman–Crippen MR) is 65.5 cm³/mol. The predicted octanol–water partition coefficient (Wildman–Crippen LogP) is 0.719. The van der Waals surface area contributed by atoms with Crippen LogP contribution in [0.5, 0.6) is 0 Å². The van der Waals surface area contributed by atoms with Gasteiger partial charge in [-0.15, -0.1) is 0 Å². The van der Waals surface area contributed by atoms with Crippen molar-refractivity contribution in [3.63, 3.8) is 0 Å². The van der Waals surface area contributed by atoms with Crippen molar-refractivity contribution in [1.29, 1.82) is 0 Å². The van der Waals surface area contributed by atoms with Crippen LogP contribution in [0.15, 0.2) is 4.52 Å². The van der Waals surface area contributed by atoms with Crippen LogP contribution < -0.4 is 5.73 Å². The number of amides is 1. The average Bonchev–Trinajstić information content (AvgIpc) is 2.79. The highest BCUT2D eigenvalue weighted by Crippen LogP contribution is 2.21. The molecule has 2 rings (SSSR count). The number of nitrogens with two attached hydrogens (primary N) is 1. The van der Waals surface area contributed by atoms with Crippen LogP contribution in [0.2, 0.25) is 0 Å². The minimum absolute atomic E-state index is 0.196. The van der Waals surface area contributed by atoms with Gasteiger partial charge in [-0.25, -0.2) is 0 Å². The van der Waals surface area contributed by atoms with Crippen LogP contribution in [0.1, 0.15) is 37.9 Å². The molecule has 1 aromatic heterocycles. The first kappa shape index (κ1) is 13.0. The molecule has 0 aromatic carbocycles. The zero-order valence-corrected chi connectivity index (χ0v) is 10.8. The molecule has 2 N–H and O–H groups in total. The number of primary amides is 1. The number of carbonyl (C=O) groups excluding carboxylic acids is 1. The number of piperidine rings is 1. The molecule has 0 radical (unpaired) electrons. The maximum absolute atomic E-state index is 10.9. The quantitative estimate of drug-likeness (QED) is 0.834. The van der Waals surface area contributed by atoms with Gasteiger partial charge in [0, 0.05) is 12.8 Å². The lowest BCUT2D eigenvalue weighted by Crippen LogP contribution is -2.34. The van der Waals surface area contributed by atoms with E-state index in [0.717, 1.165) is 38.2 Å². The van der Waals surface area contributed by atoms with Gasteiger partial charge in [0.05, 0.1) is 6.54 Å². The first-order valence-corrected chi connectivity index (χ1v) is 6.49. The number of hydrogen-bond donors (Lipinski definition) is 1. The first-order chi connectivity index (χ1) is 8.67. The van der Waals surface area contributed by atoms with Crippen LogP contribution in [-0.2, 0) is 17.8 Å². The van der Waals surface area contributed by atoms with Crippen molar-refractivity contribution in [3.8, 4) is 0 Å². The fourth-order valence-corrected chi connectivity index (χ4v) is 2.32. The van der Waals surface area contributed by atoms with Gasteiger partial charge in [-0.3, -0.25) is 9.69 Å². The lowest BCUT2D eigenvalue weighted by molar-refractivity contribution is -0.119. The van der Waals surface area contributed by atoms with Gasteiger partial charge in [0.2, 0.25) is 11.8 Å². The van der Waals surface area contributed by atoms with Crippen LogP contribution >= 0.6 is 0 Å². The maximum atomic E-state index is 10.9. The summed E-state index contributed by atoms with van der Waals surface area (Å²) in [5.74, 6) is 1.68. The maximum Gasteiger partial charge on any atom is 0.240 e. The molecule has 0 unspecified atom stereocenters. The molecule has 0 atom stereocenters. The van der Waals surface area contributed by atoms with Crippen LogP contribution in [0.25, 0.3) is 0 Å². The molecule has 1 aliphatic rings. The summed E-state index contributed by atoms with van der Waals surface area (Å²) < 4.78 is 5.17. The Kier molecular flexibility index (Phi) is 4.30. The van der Waals surface area contributed by atoms with E-state index in [-0.39, 0.29) is 5.91 Å². The number of nitrogens with zero attached hydrogens (tertiary/aromatic N) is 3. The second kappa shape index (κ2) is 5.95. The first-order valence-electron chi connectivity index (χ1n) is 6.49. The lowest BCUT2D eigenvalue weighted by Gasteiger charge is -2.30. The van der Waals surface area contributed by atoms with Crippen molar-refractivity contribution >= 4 is 5.91 Å². The van der Waals surface area contributed by atoms with E-state index in [1.807, 2.05) is 6.92 Å². The molecular weight excluding hydrogens is 232 g/mol. The SMILES string of the molecule is CCc1noc(CN2CCC(CC(N)=O)CC2)n1. The van der Waals surface area contributed by atoms with Gasteiger partial charge in [-0.1, -0.05) is 12.1 Å².